The van der Waals surface area contributed by atoms with E-state index in [2.05, 4.69) is 34.2 Å². The zero-order chi connectivity index (χ0) is 17.9. The second-order valence-electron chi connectivity index (χ2n) is 7.10. The van der Waals surface area contributed by atoms with Gasteiger partial charge < -0.3 is 9.88 Å². The highest BCUT2D eigenvalue weighted by atomic mass is 16.2. The predicted octanol–water partition coefficient (Wildman–Crippen LogP) is 3.66. The number of aryl methyl sites for hydroxylation is 1. The molecule has 0 bridgehead atoms. The van der Waals surface area contributed by atoms with Gasteiger partial charge in [-0.25, -0.2) is 0 Å². The Morgan fingerprint density at radius 3 is 2.65 bits per heavy atom. The van der Waals surface area contributed by atoms with Gasteiger partial charge in [-0.3, -0.25) is 9.89 Å². The third-order valence-electron chi connectivity index (χ3n) is 5.32. The molecule has 0 unspecified atom stereocenters. The summed E-state index contributed by atoms with van der Waals surface area (Å²) in [5, 5.41) is 7.14. The van der Waals surface area contributed by atoms with Crippen LogP contribution >= 0.6 is 0 Å². The first-order valence-electron chi connectivity index (χ1n) is 9.21. The Bertz CT molecular complexity index is 872. The van der Waals surface area contributed by atoms with E-state index < -0.39 is 0 Å². The van der Waals surface area contributed by atoms with Gasteiger partial charge >= 0.3 is 0 Å². The maximum Gasteiger partial charge on any atom is 0.270 e. The first kappa shape index (κ1) is 16.6. The quantitative estimate of drug-likeness (QED) is 0.756. The standard InChI is InChI=1S/C21H24N4O/c1-15-19(14-23-24-15)18-7-9-25(10-8-18)21(26)20-12-17(13-22-20)11-16-5-3-2-4-6-16/h2-6,12-14,18,22H,7-11H2,1H3,(H,23,24). The molecular weight excluding hydrogens is 324 g/mol. The summed E-state index contributed by atoms with van der Waals surface area (Å²) in [7, 11) is 0. The van der Waals surface area contributed by atoms with E-state index in [0.29, 0.717) is 11.6 Å². The van der Waals surface area contributed by atoms with E-state index in [1.54, 1.807) is 0 Å². The highest BCUT2D eigenvalue weighted by molar-refractivity contribution is 5.92. The normalized spacial score (nSPS) is 15.3. The molecule has 3 heterocycles. The highest BCUT2D eigenvalue weighted by Crippen LogP contribution is 2.29. The maximum absolute atomic E-state index is 12.8. The van der Waals surface area contributed by atoms with Crippen LogP contribution in [0.5, 0.6) is 0 Å². The minimum atomic E-state index is 0.103. The summed E-state index contributed by atoms with van der Waals surface area (Å²) in [5.74, 6) is 0.599. The Morgan fingerprint density at radius 2 is 1.96 bits per heavy atom. The molecule has 0 aliphatic carbocycles. The van der Waals surface area contributed by atoms with Crippen molar-refractivity contribution in [3.05, 3.63) is 76.9 Å². The molecule has 5 heteroatoms. The van der Waals surface area contributed by atoms with Crippen LogP contribution in [0, 0.1) is 6.92 Å². The van der Waals surface area contributed by atoms with E-state index in [0.717, 1.165) is 43.6 Å². The first-order valence-corrected chi connectivity index (χ1v) is 9.21. The van der Waals surface area contributed by atoms with Crippen LogP contribution in [-0.4, -0.2) is 39.1 Å². The van der Waals surface area contributed by atoms with E-state index >= 15 is 0 Å². The van der Waals surface area contributed by atoms with Crippen molar-refractivity contribution in [2.45, 2.75) is 32.1 Å². The van der Waals surface area contributed by atoms with Crippen molar-refractivity contribution in [1.29, 1.82) is 0 Å². The van der Waals surface area contributed by atoms with Crippen LogP contribution in [0.3, 0.4) is 0 Å². The summed E-state index contributed by atoms with van der Waals surface area (Å²) in [4.78, 5) is 17.9. The fourth-order valence-corrected chi connectivity index (χ4v) is 3.83. The molecule has 0 radical (unpaired) electrons. The SMILES string of the molecule is Cc1[nH]ncc1C1CCN(C(=O)c2cc(Cc3ccccc3)c[nH]2)CC1. The highest BCUT2D eigenvalue weighted by Gasteiger charge is 2.26. The van der Waals surface area contributed by atoms with Gasteiger partial charge in [0, 0.05) is 25.0 Å². The number of aromatic amines is 2. The number of piperidine rings is 1. The van der Waals surface area contributed by atoms with Gasteiger partial charge in [-0.1, -0.05) is 30.3 Å². The monoisotopic (exact) mass is 348 g/mol. The summed E-state index contributed by atoms with van der Waals surface area (Å²) < 4.78 is 0. The predicted molar refractivity (Wildman–Crippen MR) is 101 cm³/mol. The number of nitrogens with one attached hydrogen (secondary N) is 2. The number of hydrogen-bond donors (Lipinski definition) is 2. The van der Waals surface area contributed by atoms with Crippen molar-refractivity contribution >= 4 is 5.91 Å². The molecule has 1 aromatic carbocycles. The number of carbonyl (C=O) groups excluding carboxylic acids is 1. The van der Waals surface area contributed by atoms with E-state index in [4.69, 9.17) is 0 Å². The third-order valence-corrected chi connectivity index (χ3v) is 5.32. The van der Waals surface area contributed by atoms with Crippen molar-refractivity contribution < 1.29 is 4.79 Å². The molecule has 1 aliphatic rings. The average Bonchev–Trinajstić information content (AvgIpc) is 3.31. The molecule has 2 N–H and O–H groups in total. The van der Waals surface area contributed by atoms with Crippen LogP contribution in [0.25, 0.3) is 0 Å². The Hall–Kier alpha value is -2.82. The summed E-state index contributed by atoms with van der Waals surface area (Å²) in [5.41, 5.74) is 5.52. The Kier molecular flexibility index (Phi) is 4.61. The second-order valence-corrected chi connectivity index (χ2v) is 7.10. The molecule has 26 heavy (non-hydrogen) atoms. The average molecular weight is 348 g/mol. The van der Waals surface area contributed by atoms with Crippen LogP contribution < -0.4 is 0 Å². The van der Waals surface area contributed by atoms with Crippen LogP contribution in [-0.2, 0) is 6.42 Å². The molecule has 134 valence electrons. The zero-order valence-corrected chi connectivity index (χ0v) is 15.0. The summed E-state index contributed by atoms with van der Waals surface area (Å²) in [6, 6.07) is 12.3. The number of likely N-dealkylation sites (tertiary alicyclic amines) is 1. The van der Waals surface area contributed by atoms with Crippen molar-refractivity contribution in [2.24, 2.45) is 0 Å². The van der Waals surface area contributed by atoms with Crippen molar-refractivity contribution in [3.8, 4) is 0 Å². The Balaban J connectivity index is 1.37. The van der Waals surface area contributed by atoms with Gasteiger partial charge in [-0.2, -0.15) is 5.10 Å². The number of H-pyrrole nitrogens is 2. The van der Waals surface area contributed by atoms with Crippen LogP contribution in [0.15, 0.2) is 48.8 Å². The summed E-state index contributed by atoms with van der Waals surface area (Å²) >= 11 is 0. The fourth-order valence-electron chi connectivity index (χ4n) is 3.83. The summed E-state index contributed by atoms with van der Waals surface area (Å²) in [6.45, 7) is 3.65. The lowest BCUT2D eigenvalue weighted by molar-refractivity contribution is 0.0707. The lowest BCUT2D eigenvalue weighted by Crippen LogP contribution is -2.38. The number of benzene rings is 1. The van der Waals surface area contributed by atoms with Crippen LogP contribution in [0.4, 0.5) is 0 Å². The molecule has 1 saturated heterocycles. The number of aromatic nitrogens is 3. The van der Waals surface area contributed by atoms with Gasteiger partial charge in [0.05, 0.1) is 6.20 Å². The van der Waals surface area contributed by atoms with Gasteiger partial charge in [-0.15, -0.1) is 0 Å². The van der Waals surface area contributed by atoms with Crippen molar-refractivity contribution in [3.63, 3.8) is 0 Å². The molecule has 0 atom stereocenters. The smallest absolute Gasteiger partial charge is 0.270 e. The molecule has 3 aromatic rings. The minimum Gasteiger partial charge on any atom is -0.357 e. The van der Waals surface area contributed by atoms with Crippen LogP contribution in [0.1, 0.15) is 51.6 Å². The molecule has 0 saturated carbocycles. The zero-order valence-electron chi connectivity index (χ0n) is 15.0. The van der Waals surface area contributed by atoms with Crippen molar-refractivity contribution in [1.82, 2.24) is 20.1 Å². The summed E-state index contributed by atoms with van der Waals surface area (Å²) in [6.07, 6.45) is 6.69. The van der Waals surface area contributed by atoms with E-state index in [-0.39, 0.29) is 5.91 Å². The number of nitrogens with zero attached hydrogens (tertiary/aromatic N) is 2. The molecule has 1 aliphatic heterocycles. The first-order chi connectivity index (χ1) is 12.7. The molecule has 5 nitrogen and oxygen atoms in total. The van der Waals surface area contributed by atoms with Gasteiger partial charge in [0.15, 0.2) is 0 Å². The van der Waals surface area contributed by atoms with Gasteiger partial charge in [0.1, 0.15) is 5.69 Å². The molecule has 4 rings (SSSR count). The van der Waals surface area contributed by atoms with Gasteiger partial charge in [0.2, 0.25) is 0 Å². The fraction of sp³-hybridized carbons (Fsp3) is 0.333. The molecule has 0 spiro atoms. The Labute approximate surface area is 153 Å². The molecule has 1 amide bonds. The van der Waals surface area contributed by atoms with Crippen molar-refractivity contribution in [2.75, 3.05) is 13.1 Å². The Morgan fingerprint density at radius 1 is 1.19 bits per heavy atom. The van der Waals surface area contributed by atoms with E-state index in [1.807, 2.05) is 41.6 Å². The van der Waals surface area contributed by atoms with Gasteiger partial charge in [-0.05, 0) is 54.9 Å². The van der Waals surface area contributed by atoms with Crippen LogP contribution in [0.2, 0.25) is 0 Å². The van der Waals surface area contributed by atoms with Gasteiger partial charge in [0.25, 0.3) is 5.91 Å². The number of carbonyl (C=O) groups is 1. The third kappa shape index (κ3) is 3.43. The maximum atomic E-state index is 12.8. The van der Waals surface area contributed by atoms with E-state index in [1.165, 1.54) is 11.1 Å². The molecule has 1 fully saturated rings. The lowest BCUT2D eigenvalue weighted by Gasteiger charge is -2.31. The molecule has 2 aromatic heterocycles. The lowest BCUT2D eigenvalue weighted by atomic mass is 9.90. The molecular formula is C21H24N4O. The number of hydrogen-bond acceptors (Lipinski definition) is 2. The number of amides is 1. The number of rotatable bonds is 4. The minimum absolute atomic E-state index is 0.103. The second kappa shape index (κ2) is 7.20. The largest absolute Gasteiger partial charge is 0.357 e. The topological polar surface area (TPSA) is 64.8 Å². The van der Waals surface area contributed by atoms with E-state index in [9.17, 15) is 4.79 Å².